The summed E-state index contributed by atoms with van der Waals surface area (Å²) in [6.07, 6.45) is 8.06. The standard InChI is InChI=1S/C23H38O.H2S.H2/c1-8-9-16-10-12-17(13-11-16)18-14-19(22(2,3)4)21(24)20(15-18)23(5,6)7;;/h14-17,24H,8-13H2,1-7H3;1H2;1H. The Morgan fingerprint density at radius 2 is 1.36 bits per heavy atom. The average molecular weight is 367 g/mol. The van der Waals surface area contributed by atoms with Crippen LogP contribution < -0.4 is 0 Å². The van der Waals surface area contributed by atoms with Crippen molar-refractivity contribution in [1.29, 1.82) is 0 Å². The summed E-state index contributed by atoms with van der Waals surface area (Å²) >= 11 is 0. The topological polar surface area (TPSA) is 20.2 Å². The lowest BCUT2D eigenvalue weighted by molar-refractivity contribution is 0.307. The quantitative estimate of drug-likeness (QED) is 0.590. The molecule has 1 fully saturated rings. The van der Waals surface area contributed by atoms with Crippen molar-refractivity contribution in [2.75, 3.05) is 0 Å². The van der Waals surface area contributed by atoms with Gasteiger partial charge in [0.05, 0.1) is 0 Å². The first-order valence-corrected chi connectivity index (χ1v) is 9.92. The molecule has 0 radical (unpaired) electrons. The van der Waals surface area contributed by atoms with Crippen molar-refractivity contribution in [3.63, 3.8) is 0 Å². The lowest BCUT2D eigenvalue weighted by atomic mass is 9.73. The van der Waals surface area contributed by atoms with E-state index in [2.05, 4.69) is 60.6 Å². The molecule has 0 amide bonds. The predicted molar refractivity (Wildman–Crippen MR) is 118 cm³/mol. The summed E-state index contributed by atoms with van der Waals surface area (Å²) in [5, 5.41) is 10.9. The molecule has 146 valence electrons. The Morgan fingerprint density at radius 3 is 1.72 bits per heavy atom. The number of rotatable bonds is 3. The Kier molecular flexibility index (Phi) is 7.51. The van der Waals surface area contributed by atoms with Gasteiger partial charge in [0, 0.05) is 1.43 Å². The third-order valence-corrected chi connectivity index (χ3v) is 5.76. The van der Waals surface area contributed by atoms with Gasteiger partial charge in [-0.1, -0.05) is 73.4 Å². The Balaban J connectivity index is 0.00000312. The van der Waals surface area contributed by atoms with Crippen LogP contribution in [0.25, 0.3) is 0 Å². The highest BCUT2D eigenvalue weighted by Gasteiger charge is 2.29. The highest BCUT2D eigenvalue weighted by Crippen LogP contribution is 2.44. The van der Waals surface area contributed by atoms with E-state index in [0.717, 1.165) is 17.0 Å². The summed E-state index contributed by atoms with van der Waals surface area (Å²) in [4.78, 5) is 0. The SMILES string of the molecule is CCCC1CCC(c2cc(C(C)(C)C)c(O)c(C(C)(C)C)c2)CC1.S.[HH]. The van der Waals surface area contributed by atoms with Crippen LogP contribution in [-0.2, 0) is 10.8 Å². The second kappa shape index (κ2) is 8.37. The minimum atomic E-state index is -0.0283. The summed E-state index contributed by atoms with van der Waals surface area (Å²) in [6, 6.07) is 4.60. The van der Waals surface area contributed by atoms with E-state index < -0.39 is 0 Å². The second-order valence-corrected chi connectivity index (χ2v) is 9.97. The van der Waals surface area contributed by atoms with Gasteiger partial charge in [0.25, 0.3) is 0 Å². The highest BCUT2D eigenvalue weighted by atomic mass is 32.1. The van der Waals surface area contributed by atoms with Crippen LogP contribution in [-0.4, -0.2) is 5.11 Å². The Morgan fingerprint density at radius 1 is 0.920 bits per heavy atom. The summed E-state index contributed by atoms with van der Waals surface area (Å²) in [6.45, 7) is 15.5. The van der Waals surface area contributed by atoms with Gasteiger partial charge in [-0.3, -0.25) is 0 Å². The molecule has 0 atom stereocenters. The van der Waals surface area contributed by atoms with Gasteiger partial charge in [-0.05, 0) is 65.0 Å². The van der Waals surface area contributed by atoms with Gasteiger partial charge in [-0.15, -0.1) is 0 Å². The van der Waals surface area contributed by atoms with Gasteiger partial charge in [-0.25, -0.2) is 0 Å². The number of hydrogen-bond acceptors (Lipinski definition) is 1. The van der Waals surface area contributed by atoms with Crippen LogP contribution >= 0.6 is 13.5 Å². The van der Waals surface area contributed by atoms with Gasteiger partial charge in [0.15, 0.2) is 0 Å². The molecular formula is C23H42OS. The molecule has 0 spiro atoms. The van der Waals surface area contributed by atoms with Crippen molar-refractivity contribution in [2.24, 2.45) is 5.92 Å². The molecular weight excluding hydrogens is 324 g/mol. The van der Waals surface area contributed by atoms with Crippen LogP contribution in [0.15, 0.2) is 12.1 Å². The zero-order chi connectivity index (χ0) is 18.1. The first-order valence-electron chi connectivity index (χ1n) is 9.92. The third-order valence-electron chi connectivity index (χ3n) is 5.76. The monoisotopic (exact) mass is 366 g/mol. The summed E-state index contributed by atoms with van der Waals surface area (Å²) < 4.78 is 0. The first-order chi connectivity index (χ1) is 11.0. The van der Waals surface area contributed by atoms with Crippen molar-refractivity contribution in [2.45, 2.75) is 104 Å². The van der Waals surface area contributed by atoms with Crippen LogP contribution in [0.3, 0.4) is 0 Å². The molecule has 2 heteroatoms. The van der Waals surface area contributed by atoms with Crippen molar-refractivity contribution in [1.82, 2.24) is 0 Å². The van der Waals surface area contributed by atoms with Gasteiger partial charge < -0.3 is 5.11 Å². The second-order valence-electron chi connectivity index (χ2n) is 9.97. The minimum absolute atomic E-state index is 0. The molecule has 0 saturated heterocycles. The number of benzene rings is 1. The molecule has 1 nitrogen and oxygen atoms in total. The molecule has 2 rings (SSSR count). The molecule has 0 bridgehead atoms. The Hall–Kier alpha value is -0.630. The van der Waals surface area contributed by atoms with Crippen LogP contribution in [0, 0.1) is 5.92 Å². The van der Waals surface area contributed by atoms with Crippen LogP contribution in [0.1, 0.15) is 111 Å². The molecule has 0 aliphatic heterocycles. The van der Waals surface area contributed by atoms with E-state index in [1.807, 2.05) is 0 Å². The van der Waals surface area contributed by atoms with Crippen LogP contribution in [0.4, 0.5) is 0 Å². The fourth-order valence-electron chi connectivity index (χ4n) is 4.23. The molecule has 1 N–H and O–H groups in total. The maximum absolute atomic E-state index is 10.9. The molecule has 0 unspecified atom stereocenters. The smallest absolute Gasteiger partial charge is 0.123 e. The number of phenolic OH excluding ortho intramolecular Hbond substituents is 1. The van der Waals surface area contributed by atoms with E-state index in [0.29, 0.717) is 11.7 Å². The first kappa shape index (κ1) is 22.4. The van der Waals surface area contributed by atoms with Crippen LogP contribution in [0.5, 0.6) is 5.75 Å². The summed E-state index contributed by atoms with van der Waals surface area (Å²) in [5.74, 6) is 2.12. The molecule has 1 aromatic rings. The maximum atomic E-state index is 10.9. The van der Waals surface area contributed by atoms with Crippen molar-refractivity contribution >= 4 is 13.5 Å². The number of aromatic hydroxyl groups is 1. The normalized spacial score (nSPS) is 21.7. The fraction of sp³-hybridized carbons (Fsp3) is 0.739. The van der Waals surface area contributed by atoms with E-state index in [-0.39, 0.29) is 25.8 Å². The molecule has 0 aromatic heterocycles. The van der Waals surface area contributed by atoms with E-state index in [4.69, 9.17) is 0 Å². The number of phenols is 1. The maximum Gasteiger partial charge on any atom is 0.123 e. The van der Waals surface area contributed by atoms with E-state index in [1.54, 1.807) is 0 Å². The Bertz CT molecular complexity index is 526. The lowest BCUT2D eigenvalue weighted by Crippen LogP contribution is -2.20. The fourth-order valence-corrected chi connectivity index (χ4v) is 4.23. The van der Waals surface area contributed by atoms with Gasteiger partial charge in [-0.2, -0.15) is 13.5 Å². The highest BCUT2D eigenvalue weighted by molar-refractivity contribution is 7.59. The van der Waals surface area contributed by atoms with E-state index >= 15 is 0 Å². The van der Waals surface area contributed by atoms with Crippen molar-refractivity contribution < 1.29 is 6.53 Å². The largest absolute Gasteiger partial charge is 0.507 e. The van der Waals surface area contributed by atoms with E-state index in [9.17, 15) is 5.11 Å². The predicted octanol–water partition coefficient (Wildman–Crippen LogP) is 7.42. The zero-order valence-electron chi connectivity index (χ0n) is 17.5. The number of hydrogen-bond donors (Lipinski definition) is 1. The molecule has 1 aliphatic rings. The molecule has 1 saturated carbocycles. The average Bonchev–Trinajstić information content (AvgIpc) is 2.46. The van der Waals surface area contributed by atoms with Crippen molar-refractivity contribution in [3.05, 3.63) is 28.8 Å². The minimum Gasteiger partial charge on any atom is -0.507 e. The van der Waals surface area contributed by atoms with Gasteiger partial charge in [0.2, 0.25) is 0 Å². The lowest BCUT2D eigenvalue weighted by Gasteiger charge is -2.32. The van der Waals surface area contributed by atoms with Crippen LogP contribution in [0.2, 0.25) is 0 Å². The molecule has 0 heterocycles. The Labute approximate surface area is 164 Å². The summed E-state index contributed by atoms with van der Waals surface area (Å²) in [5.41, 5.74) is 3.62. The van der Waals surface area contributed by atoms with E-state index in [1.165, 1.54) is 44.1 Å². The zero-order valence-corrected chi connectivity index (χ0v) is 18.5. The molecule has 1 aromatic carbocycles. The third kappa shape index (κ3) is 5.42. The summed E-state index contributed by atoms with van der Waals surface area (Å²) in [7, 11) is 0. The molecule has 1 aliphatic carbocycles. The molecule has 25 heavy (non-hydrogen) atoms. The van der Waals surface area contributed by atoms with Gasteiger partial charge >= 0.3 is 0 Å². The van der Waals surface area contributed by atoms with Gasteiger partial charge in [0.1, 0.15) is 5.75 Å². The van der Waals surface area contributed by atoms with Crippen molar-refractivity contribution in [3.8, 4) is 5.75 Å².